The van der Waals surface area contributed by atoms with E-state index in [4.69, 9.17) is 0 Å². The van der Waals surface area contributed by atoms with Crippen molar-refractivity contribution in [3.05, 3.63) is 29.3 Å². The Bertz CT molecular complexity index is 593. The summed E-state index contributed by atoms with van der Waals surface area (Å²) in [6.07, 6.45) is 9.33. The molecule has 2 rings (SSSR count). The van der Waals surface area contributed by atoms with E-state index in [1.807, 2.05) is 0 Å². The Morgan fingerprint density at radius 2 is 1.75 bits per heavy atom. The quantitative estimate of drug-likeness (QED) is 0.388. The zero-order valence-corrected chi connectivity index (χ0v) is 18.1. The van der Waals surface area contributed by atoms with Crippen LogP contribution in [-0.2, 0) is 5.41 Å². The first-order valence-corrected chi connectivity index (χ1v) is 14.2. The van der Waals surface area contributed by atoms with Gasteiger partial charge >= 0.3 is 0 Å². The number of unbranched alkanes of at least 4 members (excludes halogenated alkanes) is 2. The zero-order chi connectivity index (χ0) is 17.6. The molecule has 132 valence electrons. The lowest BCUT2D eigenvalue weighted by Crippen LogP contribution is -2.30. The molecule has 0 nitrogen and oxygen atoms in total. The van der Waals surface area contributed by atoms with Crippen molar-refractivity contribution in [2.75, 3.05) is 5.75 Å². The van der Waals surface area contributed by atoms with Crippen LogP contribution >= 0.6 is 11.8 Å². The molecule has 0 radical (unpaired) electrons. The molecular formula is C22H34SSi. The Labute approximate surface area is 155 Å². The maximum atomic E-state index is 3.54. The van der Waals surface area contributed by atoms with E-state index in [2.05, 4.69) is 74.9 Å². The maximum absolute atomic E-state index is 3.54. The first-order chi connectivity index (χ1) is 11.4. The fourth-order valence-electron chi connectivity index (χ4n) is 3.57. The molecule has 0 spiro atoms. The van der Waals surface area contributed by atoms with Gasteiger partial charge in [0.1, 0.15) is 8.07 Å². The summed E-state index contributed by atoms with van der Waals surface area (Å²) in [6, 6.07) is 7.04. The monoisotopic (exact) mass is 358 g/mol. The number of fused-ring (bicyclic) bond motifs is 1. The van der Waals surface area contributed by atoms with E-state index in [1.165, 1.54) is 61.2 Å². The highest BCUT2D eigenvalue weighted by molar-refractivity contribution is 7.99. The van der Waals surface area contributed by atoms with Gasteiger partial charge in [-0.1, -0.05) is 65.1 Å². The Balaban J connectivity index is 2.41. The standard InChI is InChI=1S/C22H34SSi/c1-6-8-13-22(14-9-7-2)15-16-23-21-11-10-19(18-20(21)22)12-17-24(3,4)5/h10-11,18H,6-9,13-16H2,1-5H3. The molecule has 0 bridgehead atoms. The Morgan fingerprint density at radius 1 is 1.08 bits per heavy atom. The van der Waals surface area contributed by atoms with E-state index >= 15 is 0 Å². The Hall–Kier alpha value is -0.653. The smallest absolute Gasteiger partial charge is 0.127 e. The second-order valence-corrected chi connectivity index (χ2v) is 14.2. The van der Waals surface area contributed by atoms with Crippen molar-refractivity contribution in [3.8, 4) is 11.5 Å². The van der Waals surface area contributed by atoms with Gasteiger partial charge in [-0.05, 0) is 54.2 Å². The second-order valence-electron chi connectivity index (χ2n) is 8.30. The first kappa shape index (κ1) is 19.7. The summed E-state index contributed by atoms with van der Waals surface area (Å²) >= 11 is 2.05. The van der Waals surface area contributed by atoms with Gasteiger partial charge in [-0.15, -0.1) is 17.3 Å². The van der Waals surface area contributed by atoms with Gasteiger partial charge in [0.2, 0.25) is 0 Å². The molecule has 0 unspecified atom stereocenters. The van der Waals surface area contributed by atoms with Gasteiger partial charge in [0.15, 0.2) is 0 Å². The minimum atomic E-state index is -1.32. The van der Waals surface area contributed by atoms with E-state index in [0.29, 0.717) is 5.41 Å². The predicted molar refractivity (Wildman–Crippen MR) is 113 cm³/mol. The molecule has 0 aliphatic carbocycles. The highest BCUT2D eigenvalue weighted by Crippen LogP contribution is 2.48. The van der Waals surface area contributed by atoms with Crippen molar-refractivity contribution in [1.29, 1.82) is 0 Å². The lowest BCUT2D eigenvalue weighted by atomic mass is 9.70. The van der Waals surface area contributed by atoms with Crippen molar-refractivity contribution in [2.45, 2.75) is 88.7 Å². The molecule has 1 aliphatic heterocycles. The van der Waals surface area contributed by atoms with E-state index in [1.54, 1.807) is 5.56 Å². The van der Waals surface area contributed by atoms with Crippen LogP contribution in [0.25, 0.3) is 0 Å². The average Bonchev–Trinajstić information content (AvgIpc) is 2.56. The normalized spacial score (nSPS) is 16.2. The van der Waals surface area contributed by atoms with Crippen molar-refractivity contribution in [2.24, 2.45) is 0 Å². The molecular weight excluding hydrogens is 324 g/mol. The van der Waals surface area contributed by atoms with E-state index < -0.39 is 8.07 Å². The largest absolute Gasteiger partial charge is 0.129 e. The lowest BCUT2D eigenvalue weighted by Gasteiger charge is -2.39. The van der Waals surface area contributed by atoms with Crippen LogP contribution in [-0.4, -0.2) is 13.8 Å². The summed E-state index contributed by atoms with van der Waals surface area (Å²) in [5.41, 5.74) is 6.79. The fourth-order valence-corrected chi connectivity index (χ4v) is 5.40. The van der Waals surface area contributed by atoms with Gasteiger partial charge in [-0.25, -0.2) is 0 Å². The summed E-state index contributed by atoms with van der Waals surface area (Å²) < 4.78 is 0. The van der Waals surface area contributed by atoms with Gasteiger partial charge < -0.3 is 0 Å². The van der Waals surface area contributed by atoms with Gasteiger partial charge in [0, 0.05) is 10.5 Å². The SMILES string of the molecule is CCCCC1(CCCC)CCSc2ccc(C#C[Si](C)(C)C)cc21. The molecule has 0 saturated heterocycles. The summed E-state index contributed by atoms with van der Waals surface area (Å²) in [5.74, 6) is 4.77. The predicted octanol–water partition coefficient (Wildman–Crippen LogP) is 7.03. The number of hydrogen-bond donors (Lipinski definition) is 0. The molecule has 0 atom stereocenters. The molecule has 1 aromatic carbocycles. The van der Waals surface area contributed by atoms with Crippen LogP contribution in [0.2, 0.25) is 19.6 Å². The van der Waals surface area contributed by atoms with Crippen molar-refractivity contribution in [3.63, 3.8) is 0 Å². The average molecular weight is 359 g/mol. The zero-order valence-electron chi connectivity index (χ0n) is 16.3. The summed E-state index contributed by atoms with van der Waals surface area (Å²) in [7, 11) is -1.32. The molecule has 1 heterocycles. The maximum Gasteiger partial charge on any atom is 0.129 e. The second kappa shape index (κ2) is 8.63. The highest BCUT2D eigenvalue weighted by Gasteiger charge is 2.35. The molecule has 0 aromatic heterocycles. The van der Waals surface area contributed by atoms with Crippen LogP contribution in [0, 0.1) is 11.5 Å². The Kier molecular flexibility index (Phi) is 7.07. The molecule has 0 N–H and O–H groups in total. The minimum Gasteiger partial charge on any atom is -0.127 e. The molecule has 0 saturated carbocycles. The van der Waals surface area contributed by atoms with Crippen LogP contribution in [0.15, 0.2) is 23.1 Å². The van der Waals surface area contributed by atoms with Gasteiger partial charge in [-0.2, -0.15) is 0 Å². The topological polar surface area (TPSA) is 0 Å². The summed E-state index contributed by atoms with van der Waals surface area (Å²) in [4.78, 5) is 1.52. The van der Waals surface area contributed by atoms with Crippen LogP contribution in [0.4, 0.5) is 0 Å². The van der Waals surface area contributed by atoms with Crippen LogP contribution in [0.5, 0.6) is 0 Å². The van der Waals surface area contributed by atoms with Crippen LogP contribution in [0.3, 0.4) is 0 Å². The van der Waals surface area contributed by atoms with Crippen LogP contribution < -0.4 is 0 Å². The van der Waals surface area contributed by atoms with Crippen molar-refractivity contribution in [1.82, 2.24) is 0 Å². The third-order valence-corrected chi connectivity index (χ3v) is 6.94. The van der Waals surface area contributed by atoms with Crippen molar-refractivity contribution >= 4 is 19.8 Å². The molecule has 0 fully saturated rings. The van der Waals surface area contributed by atoms with Crippen molar-refractivity contribution < 1.29 is 0 Å². The molecule has 24 heavy (non-hydrogen) atoms. The van der Waals surface area contributed by atoms with Crippen LogP contribution in [0.1, 0.15) is 69.9 Å². The lowest BCUT2D eigenvalue weighted by molar-refractivity contribution is 0.323. The minimum absolute atomic E-state index is 0.406. The third-order valence-electron chi connectivity index (χ3n) is 4.99. The molecule has 1 aromatic rings. The van der Waals surface area contributed by atoms with E-state index in [9.17, 15) is 0 Å². The number of rotatable bonds is 6. The molecule has 1 aliphatic rings. The highest BCUT2D eigenvalue weighted by atomic mass is 32.2. The fraction of sp³-hybridized carbons (Fsp3) is 0.636. The number of hydrogen-bond acceptors (Lipinski definition) is 1. The third kappa shape index (κ3) is 5.17. The molecule has 2 heteroatoms. The van der Waals surface area contributed by atoms with Gasteiger partial charge in [0.25, 0.3) is 0 Å². The number of thioether (sulfide) groups is 1. The summed E-state index contributed by atoms with van der Waals surface area (Å²) in [6.45, 7) is 11.6. The van der Waals surface area contributed by atoms with Gasteiger partial charge in [0.05, 0.1) is 0 Å². The molecule has 0 amide bonds. The van der Waals surface area contributed by atoms with E-state index in [-0.39, 0.29) is 0 Å². The van der Waals surface area contributed by atoms with Gasteiger partial charge in [-0.3, -0.25) is 0 Å². The number of benzene rings is 1. The Morgan fingerprint density at radius 3 is 2.33 bits per heavy atom. The first-order valence-electron chi connectivity index (χ1n) is 9.71. The van der Waals surface area contributed by atoms with E-state index in [0.717, 1.165) is 0 Å². The summed E-state index contributed by atoms with van der Waals surface area (Å²) in [5, 5.41) is 0.